The third-order valence-corrected chi connectivity index (χ3v) is 3.87. The van der Waals surface area contributed by atoms with E-state index in [1.807, 2.05) is 55.8 Å². The Morgan fingerprint density at radius 1 is 1.24 bits per heavy atom. The predicted molar refractivity (Wildman–Crippen MR) is 92.2 cm³/mol. The van der Waals surface area contributed by atoms with Gasteiger partial charge < -0.3 is 5.32 Å². The molecule has 2 aromatic heterocycles. The number of hydrogen-bond donors (Lipinski definition) is 1. The van der Waals surface area contributed by atoms with Crippen molar-refractivity contribution in [1.29, 1.82) is 0 Å². The van der Waals surface area contributed by atoms with Gasteiger partial charge in [0.25, 0.3) is 0 Å². The van der Waals surface area contributed by atoms with Crippen LogP contribution in [-0.4, -0.2) is 41.9 Å². The van der Waals surface area contributed by atoms with Gasteiger partial charge in [-0.2, -0.15) is 5.10 Å². The lowest BCUT2D eigenvalue weighted by Crippen LogP contribution is -2.37. The number of benzene rings is 1. The molecule has 0 saturated heterocycles. The van der Waals surface area contributed by atoms with Crippen LogP contribution in [0.1, 0.15) is 23.9 Å². The van der Waals surface area contributed by atoms with E-state index in [9.17, 15) is 4.79 Å². The van der Waals surface area contributed by atoms with Crippen LogP contribution in [0.3, 0.4) is 0 Å². The van der Waals surface area contributed by atoms with Gasteiger partial charge in [0.15, 0.2) is 0 Å². The van der Waals surface area contributed by atoms with Gasteiger partial charge in [0.1, 0.15) is 6.33 Å². The molecular weight excluding hydrogens is 318 g/mol. The average Bonchev–Trinajstić information content (AvgIpc) is 3.18. The van der Waals surface area contributed by atoms with Crippen LogP contribution in [0, 0.1) is 13.8 Å². The molecule has 2 heterocycles. The zero-order valence-electron chi connectivity index (χ0n) is 14.5. The van der Waals surface area contributed by atoms with Crippen molar-refractivity contribution in [3.8, 4) is 5.69 Å². The maximum atomic E-state index is 12.2. The first-order chi connectivity index (χ1) is 12.0. The predicted octanol–water partition coefficient (Wildman–Crippen LogP) is 1.22. The third kappa shape index (κ3) is 4.28. The van der Waals surface area contributed by atoms with Gasteiger partial charge in [0.2, 0.25) is 5.91 Å². The second-order valence-corrected chi connectivity index (χ2v) is 6.18. The highest BCUT2D eigenvalue weighted by Crippen LogP contribution is 2.09. The van der Waals surface area contributed by atoms with E-state index in [0.717, 1.165) is 22.6 Å². The van der Waals surface area contributed by atoms with Crippen LogP contribution in [0.5, 0.6) is 0 Å². The van der Waals surface area contributed by atoms with Gasteiger partial charge >= 0.3 is 0 Å². The first-order valence-electron chi connectivity index (χ1n) is 8.14. The molecule has 0 aliphatic carbocycles. The van der Waals surface area contributed by atoms with Gasteiger partial charge in [-0.1, -0.05) is 12.1 Å². The molecule has 0 spiro atoms. The minimum absolute atomic E-state index is 0.00555. The maximum Gasteiger partial charge on any atom is 0.224 e. The fraction of sp³-hybridized carbons (Fsp3) is 0.353. The van der Waals surface area contributed by atoms with Crippen molar-refractivity contribution in [2.75, 3.05) is 0 Å². The fourth-order valence-electron chi connectivity index (χ4n) is 2.72. The van der Waals surface area contributed by atoms with E-state index in [2.05, 4.69) is 25.9 Å². The molecule has 3 aromatic rings. The van der Waals surface area contributed by atoms with E-state index < -0.39 is 0 Å². The van der Waals surface area contributed by atoms with Crippen LogP contribution in [-0.2, 0) is 17.8 Å². The van der Waals surface area contributed by atoms with Gasteiger partial charge in [-0.3, -0.25) is 9.48 Å². The van der Waals surface area contributed by atoms with E-state index in [1.165, 1.54) is 6.33 Å². The number of hydrogen-bond acceptors (Lipinski definition) is 5. The minimum Gasteiger partial charge on any atom is -0.351 e. The number of aromatic nitrogens is 6. The summed E-state index contributed by atoms with van der Waals surface area (Å²) >= 11 is 0. The number of nitrogens with zero attached hydrogens (tertiary/aromatic N) is 6. The van der Waals surface area contributed by atoms with Crippen LogP contribution >= 0.6 is 0 Å². The van der Waals surface area contributed by atoms with Crippen LogP contribution in [0.2, 0.25) is 0 Å². The Morgan fingerprint density at radius 3 is 2.60 bits per heavy atom. The Bertz CT molecular complexity index is 837. The lowest BCUT2D eigenvalue weighted by atomic mass is 10.1. The maximum absolute atomic E-state index is 12.2. The zero-order valence-corrected chi connectivity index (χ0v) is 14.5. The molecule has 0 bridgehead atoms. The van der Waals surface area contributed by atoms with Crippen molar-refractivity contribution in [1.82, 2.24) is 35.3 Å². The van der Waals surface area contributed by atoms with Gasteiger partial charge in [-0.15, -0.1) is 5.10 Å². The molecule has 1 atom stereocenters. The molecule has 0 unspecified atom stereocenters. The molecule has 1 amide bonds. The third-order valence-electron chi connectivity index (χ3n) is 3.87. The molecule has 0 saturated carbocycles. The van der Waals surface area contributed by atoms with Crippen molar-refractivity contribution < 1.29 is 4.79 Å². The highest BCUT2D eigenvalue weighted by atomic mass is 16.1. The van der Waals surface area contributed by atoms with E-state index >= 15 is 0 Å². The minimum atomic E-state index is -0.01000. The first kappa shape index (κ1) is 16.8. The van der Waals surface area contributed by atoms with Gasteiger partial charge in [0.05, 0.1) is 24.3 Å². The normalized spacial score (nSPS) is 12.1. The van der Waals surface area contributed by atoms with Gasteiger partial charge in [-0.05, 0) is 55.0 Å². The summed E-state index contributed by atoms with van der Waals surface area (Å²) in [6.45, 7) is 6.62. The van der Waals surface area contributed by atoms with Crippen molar-refractivity contribution >= 4 is 5.91 Å². The Balaban J connectivity index is 1.54. The highest BCUT2D eigenvalue weighted by Gasteiger charge is 2.11. The molecule has 25 heavy (non-hydrogen) atoms. The smallest absolute Gasteiger partial charge is 0.224 e. The van der Waals surface area contributed by atoms with Crippen LogP contribution in [0.4, 0.5) is 0 Å². The molecule has 0 aliphatic rings. The summed E-state index contributed by atoms with van der Waals surface area (Å²) < 4.78 is 3.49. The second kappa shape index (κ2) is 7.25. The molecule has 8 heteroatoms. The average molecular weight is 339 g/mol. The molecule has 0 fully saturated rings. The van der Waals surface area contributed by atoms with E-state index in [4.69, 9.17) is 0 Å². The number of amides is 1. The Labute approximate surface area is 145 Å². The largest absolute Gasteiger partial charge is 0.351 e. The number of aryl methyl sites for hydroxylation is 2. The van der Waals surface area contributed by atoms with Crippen LogP contribution in [0.25, 0.3) is 5.69 Å². The standard InChI is InChI=1S/C17H21N7O/c1-12-8-14(3)23(20-12)10-13(2)19-17(25)9-15-4-6-16(7-5-15)24-11-18-21-22-24/h4-8,11,13H,9-10H2,1-3H3,(H,19,25)/t13-/m1/s1. The molecular formula is C17H21N7O. The summed E-state index contributed by atoms with van der Waals surface area (Å²) in [4.78, 5) is 12.2. The van der Waals surface area contributed by atoms with Crippen LogP contribution in [0.15, 0.2) is 36.7 Å². The Morgan fingerprint density at radius 2 is 2.00 bits per heavy atom. The second-order valence-electron chi connectivity index (χ2n) is 6.18. The number of nitrogens with one attached hydrogen (secondary N) is 1. The zero-order chi connectivity index (χ0) is 17.8. The molecule has 8 nitrogen and oxygen atoms in total. The fourth-order valence-corrected chi connectivity index (χ4v) is 2.72. The molecule has 0 radical (unpaired) electrons. The van der Waals surface area contributed by atoms with E-state index in [1.54, 1.807) is 4.68 Å². The monoisotopic (exact) mass is 339 g/mol. The number of carbonyl (C=O) groups excluding carboxylic acids is 1. The Kier molecular flexibility index (Phi) is 4.87. The van der Waals surface area contributed by atoms with Crippen molar-refractivity contribution in [2.24, 2.45) is 0 Å². The molecule has 0 aliphatic heterocycles. The lowest BCUT2D eigenvalue weighted by Gasteiger charge is -2.15. The van der Waals surface area contributed by atoms with E-state index in [-0.39, 0.29) is 11.9 Å². The highest BCUT2D eigenvalue weighted by molar-refractivity contribution is 5.78. The van der Waals surface area contributed by atoms with Crippen molar-refractivity contribution in [2.45, 2.75) is 39.8 Å². The molecule has 3 rings (SSSR count). The molecule has 1 aromatic carbocycles. The summed E-state index contributed by atoms with van der Waals surface area (Å²) in [7, 11) is 0. The summed E-state index contributed by atoms with van der Waals surface area (Å²) in [5.74, 6) is -0.01000. The molecule has 1 N–H and O–H groups in total. The van der Waals surface area contributed by atoms with Crippen LogP contribution < -0.4 is 5.32 Å². The number of rotatable bonds is 6. The Hall–Kier alpha value is -3.03. The number of carbonyl (C=O) groups is 1. The molecule has 130 valence electrons. The summed E-state index contributed by atoms with van der Waals surface area (Å²) in [5, 5.41) is 18.5. The van der Waals surface area contributed by atoms with Gasteiger partial charge in [-0.25, -0.2) is 4.68 Å². The summed E-state index contributed by atoms with van der Waals surface area (Å²) in [6.07, 6.45) is 1.86. The summed E-state index contributed by atoms with van der Waals surface area (Å²) in [5.41, 5.74) is 3.87. The van der Waals surface area contributed by atoms with Crippen molar-refractivity contribution in [3.05, 3.63) is 53.6 Å². The van der Waals surface area contributed by atoms with E-state index in [0.29, 0.717) is 13.0 Å². The van der Waals surface area contributed by atoms with Gasteiger partial charge in [0, 0.05) is 11.7 Å². The topological polar surface area (TPSA) is 90.5 Å². The lowest BCUT2D eigenvalue weighted by molar-refractivity contribution is -0.121. The van der Waals surface area contributed by atoms with Crippen molar-refractivity contribution in [3.63, 3.8) is 0 Å². The quantitative estimate of drug-likeness (QED) is 0.729. The first-order valence-corrected chi connectivity index (χ1v) is 8.14. The SMILES string of the molecule is Cc1cc(C)n(C[C@@H](C)NC(=O)Cc2ccc(-n3cnnn3)cc2)n1. The number of tetrazole rings is 1. The summed E-state index contributed by atoms with van der Waals surface area (Å²) in [6, 6.07) is 9.62.